The molecule has 5 heteroatoms. The number of alkyl halides is 1. The molecule has 0 bridgehead atoms. The van der Waals surface area contributed by atoms with E-state index in [9.17, 15) is 0 Å². The van der Waals surface area contributed by atoms with Gasteiger partial charge in [0.15, 0.2) is 0 Å². The Labute approximate surface area is 120 Å². The molecule has 4 atom stereocenters. The number of rotatable bonds is 1. The summed E-state index contributed by atoms with van der Waals surface area (Å²) in [7, 11) is -0.266. The summed E-state index contributed by atoms with van der Waals surface area (Å²) in [6, 6.07) is 0.0164. The summed E-state index contributed by atoms with van der Waals surface area (Å²) >= 11 is 6.15. The van der Waals surface area contributed by atoms with Gasteiger partial charge in [0, 0.05) is 5.92 Å². The van der Waals surface area contributed by atoms with Crippen LogP contribution in [0.1, 0.15) is 40.5 Å². The summed E-state index contributed by atoms with van der Waals surface area (Å²) in [6.07, 6.45) is 6.34. The quantitative estimate of drug-likeness (QED) is 0.421. The van der Waals surface area contributed by atoms with E-state index in [1.54, 1.807) is 0 Å². The lowest BCUT2D eigenvalue weighted by atomic mass is 9.77. The van der Waals surface area contributed by atoms with Crippen LogP contribution in [0.3, 0.4) is 0 Å². The summed E-state index contributed by atoms with van der Waals surface area (Å²) in [4.78, 5) is 0. The number of hydrogen-bond donors (Lipinski definition) is 0. The first-order chi connectivity index (χ1) is 8.78. The van der Waals surface area contributed by atoms with Crippen molar-refractivity contribution in [2.75, 3.05) is 0 Å². The van der Waals surface area contributed by atoms with Crippen LogP contribution in [0.15, 0.2) is 12.2 Å². The SMILES string of the molecule is CC1(C)OB(C2CC3C=CC(Cl)CC3O2)OC1(C)C. The molecule has 106 valence electrons. The molecule has 0 aromatic rings. The van der Waals surface area contributed by atoms with E-state index >= 15 is 0 Å². The predicted octanol–water partition coefficient (Wildman–Crippen LogP) is 2.96. The van der Waals surface area contributed by atoms with Crippen molar-refractivity contribution in [3.63, 3.8) is 0 Å². The summed E-state index contributed by atoms with van der Waals surface area (Å²) in [5.74, 6) is 0.457. The maximum atomic E-state index is 6.15. The zero-order chi connectivity index (χ0) is 13.8. The Kier molecular flexibility index (Phi) is 3.29. The van der Waals surface area contributed by atoms with Gasteiger partial charge < -0.3 is 14.0 Å². The maximum Gasteiger partial charge on any atom is 0.488 e. The predicted molar refractivity (Wildman–Crippen MR) is 76.2 cm³/mol. The molecule has 2 aliphatic heterocycles. The highest BCUT2D eigenvalue weighted by molar-refractivity contribution is 6.47. The maximum absolute atomic E-state index is 6.15. The van der Waals surface area contributed by atoms with Crippen LogP contribution in [0, 0.1) is 5.92 Å². The van der Waals surface area contributed by atoms with Gasteiger partial charge in [0.25, 0.3) is 0 Å². The molecule has 0 radical (unpaired) electrons. The molecule has 0 N–H and O–H groups in total. The Balaban J connectivity index is 1.69. The largest absolute Gasteiger partial charge is 0.488 e. The third kappa shape index (κ3) is 2.37. The zero-order valence-corrected chi connectivity index (χ0v) is 12.8. The molecular weight excluding hydrogens is 262 g/mol. The first-order valence-electron chi connectivity index (χ1n) is 7.12. The van der Waals surface area contributed by atoms with Gasteiger partial charge in [-0.25, -0.2) is 0 Å². The average molecular weight is 285 g/mol. The highest BCUT2D eigenvalue weighted by atomic mass is 35.5. The molecule has 3 nitrogen and oxygen atoms in total. The van der Waals surface area contributed by atoms with Crippen molar-refractivity contribution >= 4 is 18.7 Å². The van der Waals surface area contributed by atoms with Crippen LogP contribution in [-0.2, 0) is 14.0 Å². The Morgan fingerprint density at radius 1 is 1.05 bits per heavy atom. The molecule has 3 aliphatic rings. The first-order valence-corrected chi connectivity index (χ1v) is 7.56. The van der Waals surface area contributed by atoms with Crippen molar-refractivity contribution in [1.82, 2.24) is 0 Å². The van der Waals surface area contributed by atoms with E-state index in [-0.39, 0.29) is 35.8 Å². The molecule has 0 saturated carbocycles. The van der Waals surface area contributed by atoms with Crippen molar-refractivity contribution < 1.29 is 14.0 Å². The molecule has 2 saturated heterocycles. The summed E-state index contributed by atoms with van der Waals surface area (Å²) in [5, 5.41) is 0.0956. The lowest BCUT2D eigenvalue weighted by Crippen LogP contribution is -2.41. The van der Waals surface area contributed by atoms with Gasteiger partial charge in [-0.15, -0.1) is 11.6 Å². The third-order valence-electron chi connectivity index (χ3n) is 4.93. The lowest BCUT2D eigenvalue weighted by molar-refractivity contribution is 0.00578. The van der Waals surface area contributed by atoms with Crippen LogP contribution < -0.4 is 0 Å². The van der Waals surface area contributed by atoms with Gasteiger partial charge in [0.05, 0.1) is 28.7 Å². The van der Waals surface area contributed by atoms with Crippen molar-refractivity contribution in [2.45, 2.75) is 69.2 Å². The van der Waals surface area contributed by atoms with Gasteiger partial charge in [0.2, 0.25) is 0 Å². The second-order valence-electron chi connectivity index (χ2n) is 6.87. The second-order valence-corrected chi connectivity index (χ2v) is 7.43. The second kappa shape index (κ2) is 4.49. The number of fused-ring (bicyclic) bond motifs is 1. The molecule has 0 aromatic carbocycles. The van der Waals surface area contributed by atoms with E-state index in [1.165, 1.54) is 0 Å². The van der Waals surface area contributed by atoms with E-state index in [0.29, 0.717) is 5.92 Å². The fourth-order valence-electron chi connectivity index (χ4n) is 3.01. The lowest BCUT2D eigenvalue weighted by Gasteiger charge is -2.32. The Morgan fingerprint density at radius 3 is 2.32 bits per heavy atom. The number of ether oxygens (including phenoxy) is 1. The van der Waals surface area contributed by atoms with Crippen LogP contribution in [0.2, 0.25) is 0 Å². The zero-order valence-electron chi connectivity index (χ0n) is 12.1. The summed E-state index contributed by atoms with van der Waals surface area (Å²) in [5.41, 5.74) is -0.584. The minimum absolute atomic E-state index is 0.0164. The fraction of sp³-hybridized carbons (Fsp3) is 0.857. The molecular formula is C14H22BClO3. The van der Waals surface area contributed by atoms with E-state index in [1.807, 2.05) is 0 Å². The molecule has 0 amide bonds. The molecule has 0 spiro atoms. The van der Waals surface area contributed by atoms with Crippen LogP contribution in [0.4, 0.5) is 0 Å². The van der Waals surface area contributed by atoms with Gasteiger partial charge in [0.1, 0.15) is 0 Å². The van der Waals surface area contributed by atoms with Crippen molar-refractivity contribution in [3.8, 4) is 0 Å². The van der Waals surface area contributed by atoms with E-state index in [4.69, 9.17) is 25.6 Å². The number of allylic oxidation sites excluding steroid dienone is 1. The van der Waals surface area contributed by atoms with Gasteiger partial charge in [-0.3, -0.25) is 0 Å². The van der Waals surface area contributed by atoms with E-state index in [0.717, 1.165) is 12.8 Å². The van der Waals surface area contributed by atoms with Gasteiger partial charge in [-0.2, -0.15) is 0 Å². The summed E-state index contributed by atoms with van der Waals surface area (Å²) in [6.45, 7) is 8.29. The molecule has 1 aliphatic carbocycles. The van der Waals surface area contributed by atoms with Gasteiger partial charge >= 0.3 is 7.12 Å². The normalized spacial score (nSPS) is 43.5. The molecule has 3 rings (SSSR count). The van der Waals surface area contributed by atoms with Gasteiger partial charge in [-0.05, 0) is 40.5 Å². The topological polar surface area (TPSA) is 27.7 Å². The fourth-order valence-corrected chi connectivity index (χ4v) is 3.27. The summed E-state index contributed by atoms with van der Waals surface area (Å²) < 4.78 is 18.3. The van der Waals surface area contributed by atoms with Crippen LogP contribution in [0.5, 0.6) is 0 Å². The molecule has 4 unspecified atom stereocenters. The number of halogens is 1. The Morgan fingerprint density at radius 2 is 1.68 bits per heavy atom. The monoisotopic (exact) mass is 284 g/mol. The number of hydrogen-bond acceptors (Lipinski definition) is 3. The molecule has 0 aromatic heterocycles. The average Bonchev–Trinajstić information content (AvgIpc) is 2.78. The van der Waals surface area contributed by atoms with E-state index in [2.05, 4.69) is 39.8 Å². The van der Waals surface area contributed by atoms with Crippen molar-refractivity contribution in [1.29, 1.82) is 0 Å². The smallest absolute Gasteiger partial charge is 0.402 e. The van der Waals surface area contributed by atoms with Crippen LogP contribution >= 0.6 is 11.6 Å². The van der Waals surface area contributed by atoms with Crippen molar-refractivity contribution in [2.24, 2.45) is 5.92 Å². The Hall–Kier alpha value is -0.0251. The van der Waals surface area contributed by atoms with Gasteiger partial charge in [-0.1, -0.05) is 12.2 Å². The third-order valence-corrected chi connectivity index (χ3v) is 5.25. The van der Waals surface area contributed by atoms with Crippen LogP contribution in [0.25, 0.3) is 0 Å². The van der Waals surface area contributed by atoms with Crippen LogP contribution in [-0.4, -0.2) is 35.8 Å². The highest BCUT2D eigenvalue weighted by Crippen LogP contribution is 2.42. The minimum Gasteiger partial charge on any atom is -0.402 e. The first kappa shape index (κ1) is 13.9. The van der Waals surface area contributed by atoms with E-state index < -0.39 is 0 Å². The minimum atomic E-state index is -0.292. The molecule has 2 fully saturated rings. The standard InChI is InChI=1S/C14H22BClO3/c1-13(2)14(3,4)19-15(18-13)12-7-9-5-6-10(16)8-11(9)17-12/h5-6,9-12H,7-8H2,1-4H3. The van der Waals surface area contributed by atoms with Crippen molar-refractivity contribution in [3.05, 3.63) is 12.2 Å². The highest BCUT2D eigenvalue weighted by Gasteiger charge is 2.56. The Bertz CT molecular complexity index is 380. The molecule has 2 heterocycles. The molecule has 19 heavy (non-hydrogen) atoms.